The van der Waals surface area contributed by atoms with E-state index in [1.807, 2.05) is 28.0 Å². The van der Waals surface area contributed by atoms with Gasteiger partial charge in [0, 0.05) is 39.3 Å². The van der Waals surface area contributed by atoms with Gasteiger partial charge in [0.05, 0.1) is 29.2 Å². The van der Waals surface area contributed by atoms with Gasteiger partial charge in [-0.05, 0) is 50.6 Å². The molecule has 1 aromatic heterocycles. The second-order valence-electron chi connectivity index (χ2n) is 9.10. The van der Waals surface area contributed by atoms with E-state index in [9.17, 15) is 9.18 Å². The maximum atomic E-state index is 14.1. The number of halogens is 1. The Labute approximate surface area is 194 Å². The summed E-state index contributed by atoms with van der Waals surface area (Å²) >= 11 is 0. The SMILES string of the molecule is CCn1c(CN2CCC[C@H](C(=O)N3CCN(c4ccccc4F)CC3)C2)nc2ccccc21. The van der Waals surface area contributed by atoms with Crippen LogP contribution in [0.3, 0.4) is 0 Å². The van der Waals surface area contributed by atoms with Crippen LogP contribution in [-0.2, 0) is 17.9 Å². The molecule has 3 aromatic rings. The van der Waals surface area contributed by atoms with E-state index in [0.29, 0.717) is 31.9 Å². The van der Waals surface area contributed by atoms with E-state index in [2.05, 4.69) is 34.6 Å². The average molecular weight is 450 g/mol. The molecule has 6 nitrogen and oxygen atoms in total. The van der Waals surface area contributed by atoms with Crippen molar-refractivity contribution >= 4 is 22.6 Å². The Morgan fingerprint density at radius 3 is 2.58 bits per heavy atom. The molecule has 5 rings (SSSR count). The maximum absolute atomic E-state index is 14.1. The van der Waals surface area contributed by atoms with Gasteiger partial charge in [0.1, 0.15) is 11.6 Å². The van der Waals surface area contributed by atoms with Crippen LogP contribution in [-0.4, -0.2) is 64.5 Å². The van der Waals surface area contributed by atoms with Crippen LogP contribution in [0.4, 0.5) is 10.1 Å². The van der Waals surface area contributed by atoms with E-state index < -0.39 is 0 Å². The molecule has 1 atom stereocenters. The molecule has 0 spiro atoms. The van der Waals surface area contributed by atoms with Crippen molar-refractivity contribution in [1.82, 2.24) is 19.4 Å². The molecule has 2 fully saturated rings. The zero-order valence-electron chi connectivity index (χ0n) is 19.3. The number of para-hydroxylation sites is 3. The molecule has 2 saturated heterocycles. The molecule has 0 N–H and O–H groups in total. The first-order valence-corrected chi connectivity index (χ1v) is 12.1. The number of anilines is 1. The summed E-state index contributed by atoms with van der Waals surface area (Å²) in [6.07, 6.45) is 1.96. The van der Waals surface area contributed by atoms with Crippen molar-refractivity contribution < 1.29 is 9.18 Å². The number of piperazine rings is 1. The van der Waals surface area contributed by atoms with Crippen LogP contribution in [0.2, 0.25) is 0 Å². The number of hydrogen-bond acceptors (Lipinski definition) is 4. The fourth-order valence-corrected chi connectivity index (χ4v) is 5.33. The lowest BCUT2D eigenvalue weighted by Gasteiger charge is -2.39. The Morgan fingerprint density at radius 1 is 1.03 bits per heavy atom. The minimum atomic E-state index is -0.196. The number of likely N-dealkylation sites (tertiary alicyclic amines) is 1. The van der Waals surface area contributed by atoms with Crippen LogP contribution < -0.4 is 4.90 Å². The molecule has 33 heavy (non-hydrogen) atoms. The molecule has 7 heteroatoms. The van der Waals surface area contributed by atoms with Crippen LogP contribution >= 0.6 is 0 Å². The Kier molecular flexibility index (Phi) is 6.31. The van der Waals surface area contributed by atoms with Crippen molar-refractivity contribution in [3.63, 3.8) is 0 Å². The number of amides is 1. The van der Waals surface area contributed by atoms with Gasteiger partial charge in [0.25, 0.3) is 0 Å². The third-order valence-electron chi connectivity index (χ3n) is 7.05. The summed E-state index contributed by atoms with van der Waals surface area (Å²) in [5.74, 6) is 1.15. The fourth-order valence-electron chi connectivity index (χ4n) is 5.33. The Morgan fingerprint density at radius 2 is 1.79 bits per heavy atom. The zero-order chi connectivity index (χ0) is 22.8. The lowest BCUT2D eigenvalue weighted by atomic mass is 9.96. The largest absolute Gasteiger partial charge is 0.366 e. The van der Waals surface area contributed by atoms with Gasteiger partial charge < -0.3 is 14.4 Å². The average Bonchev–Trinajstić information content (AvgIpc) is 3.21. The lowest BCUT2D eigenvalue weighted by molar-refractivity contribution is -0.137. The number of fused-ring (bicyclic) bond motifs is 1. The first-order valence-electron chi connectivity index (χ1n) is 12.1. The van der Waals surface area contributed by atoms with Crippen molar-refractivity contribution in [3.05, 3.63) is 60.2 Å². The van der Waals surface area contributed by atoms with Gasteiger partial charge in [-0.3, -0.25) is 9.69 Å². The highest BCUT2D eigenvalue weighted by atomic mass is 19.1. The summed E-state index contributed by atoms with van der Waals surface area (Å²) in [6.45, 7) is 8.22. The van der Waals surface area contributed by atoms with E-state index in [1.54, 1.807) is 6.07 Å². The van der Waals surface area contributed by atoms with Crippen LogP contribution in [0, 0.1) is 11.7 Å². The second kappa shape index (κ2) is 9.51. The van der Waals surface area contributed by atoms with E-state index in [4.69, 9.17) is 4.98 Å². The predicted molar refractivity (Wildman–Crippen MR) is 129 cm³/mol. The molecule has 0 saturated carbocycles. The quantitative estimate of drug-likeness (QED) is 0.595. The molecule has 2 aliphatic rings. The van der Waals surface area contributed by atoms with E-state index in [0.717, 1.165) is 50.4 Å². The molecular formula is C26H32FN5O. The van der Waals surface area contributed by atoms with Gasteiger partial charge in [-0.25, -0.2) is 9.37 Å². The minimum Gasteiger partial charge on any atom is -0.366 e. The molecule has 2 aliphatic heterocycles. The van der Waals surface area contributed by atoms with Crippen LogP contribution in [0.5, 0.6) is 0 Å². The zero-order valence-corrected chi connectivity index (χ0v) is 19.3. The number of nitrogens with zero attached hydrogens (tertiary/aromatic N) is 5. The maximum Gasteiger partial charge on any atom is 0.227 e. The summed E-state index contributed by atoms with van der Waals surface area (Å²) in [5, 5.41) is 0. The molecule has 0 bridgehead atoms. The lowest BCUT2D eigenvalue weighted by Crippen LogP contribution is -2.52. The predicted octanol–water partition coefficient (Wildman–Crippen LogP) is 3.76. The Bertz CT molecular complexity index is 1120. The summed E-state index contributed by atoms with van der Waals surface area (Å²) in [4.78, 5) is 24.6. The van der Waals surface area contributed by atoms with Gasteiger partial charge in [-0.2, -0.15) is 0 Å². The van der Waals surface area contributed by atoms with Crippen molar-refractivity contribution in [1.29, 1.82) is 0 Å². The summed E-state index contributed by atoms with van der Waals surface area (Å²) in [6, 6.07) is 15.2. The van der Waals surface area contributed by atoms with Crippen molar-refractivity contribution in [2.75, 3.05) is 44.2 Å². The molecule has 0 radical (unpaired) electrons. The number of hydrogen-bond donors (Lipinski definition) is 0. The molecular weight excluding hydrogens is 417 g/mol. The summed E-state index contributed by atoms with van der Waals surface area (Å²) < 4.78 is 16.4. The fraction of sp³-hybridized carbons (Fsp3) is 0.462. The number of carbonyl (C=O) groups is 1. The van der Waals surface area contributed by atoms with Crippen molar-refractivity contribution in [2.45, 2.75) is 32.9 Å². The number of aromatic nitrogens is 2. The molecule has 2 aromatic carbocycles. The highest BCUT2D eigenvalue weighted by Gasteiger charge is 2.32. The molecule has 1 amide bonds. The van der Waals surface area contributed by atoms with E-state index >= 15 is 0 Å². The molecule has 174 valence electrons. The van der Waals surface area contributed by atoms with Gasteiger partial charge in [0.2, 0.25) is 5.91 Å². The van der Waals surface area contributed by atoms with Gasteiger partial charge in [-0.15, -0.1) is 0 Å². The Hall–Kier alpha value is -2.93. The Balaban J connectivity index is 1.21. The number of imidazole rings is 1. The first kappa shape index (κ1) is 21.9. The summed E-state index contributed by atoms with van der Waals surface area (Å²) in [5.41, 5.74) is 2.84. The number of piperidine rings is 1. The standard InChI is InChI=1S/C26H32FN5O/c1-2-32-24-12-6-4-10-22(24)28-25(32)19-29-13-7-8-20(18-29)26(33)31-16-14-30(15-17-31)23-11-5-3-9-21(23)27/h3-6,9-12,20H,2,7-8,13-19H2,1H3/t20-/m0/s1. The van der Waals surface area contributed by atoms with Crippen molar-refractivity contribution in [3.8, 4) is 0 Å². The highest BCUT2D eigenvalue weighted by Crippen LogP contribution is 2.25. The third-order valence-corrected chi connectivity index (χ3v) is 7.05. The second-order valence-corrected chi connectivity index (χ2v) is 9.10. The van der Waals surface area contributed by atoms with Crippen LogP contribution in [0.1, 0.15) is 25.6 Å². The van der Waals surface area contributed by atoms with Crippen LogP contribution in [0.15, 0.2) is 48.5 Å². The number of rotatable bonds is 5. The van der Waals surface area contributed by atoms with E-state index in [-0.39, 0.29) is 17.6 Å². The van der Waals surface area contributed by atoms with Gasteiger partial charge >= 0.3 is 0 Å². The molecule has 0 unspecified atom stereocenters. The first-order chi connectivity index (χ1) is 16.1. The summed E-state index contributed by atoms with van der Waals surface area (Å²) in [7, 11) is 0. The molecule has 0 aliphatic carbocycles. The van der Waals surface area contributed by atoms with E-state index in [1.165, 1.54) is 11.6 Å². The normalized spacial score (nSPS) is 19.9. The van der Waals surface area contributed by atoms with Gasteiger partial charge in [-0.1, -0.05) is 24.3 Å². The number of carbonyl (C=O) groups excluding carboxylic acids is 1. The monoisotopic (exact) mass is 449 g/mol. The highest BCUT2D eigenvalue weighted by molar-refractivity contribution is 5.79. The minimum absolute atomic E-state index is 0.0261. The van der Waals surface area contributed by atoms with Gasteiger partial charge in [0.15, 0.2) is 0 Å². The molecule has 3 heterocycles. The van der Waals surface area contributed by atoms with Crippen LogP contribution in [0.25, 0.3) is 11.0 Å². The third kappa shape index (κ3) is 4.47. The number of benzene rings is 2. The topological polar surface area (TPSA) is 44.6 Å². The number of aryl methyl sites for hydroxylation is 1. The smallest absolute Gasteiger partial charge is 0.227 e. The van der Waals surface area contributed by atoms with Crippen molar-refractivity contribution in [2.24, 2.45) is 5.92 Å².